The van der Waals surface area contributed by atoms with Crippen molar-refractivity contribution in [1.82, 2.24) is 25.1 Å². The molecule has 0 aromatic carbocycles. The van der Waals surface area contributed by atoms with Crippen molar-refractivity contribution in [3.8, 4) is 0 Å². The molecule has 4 rings (SSSR count). The van der Waals surface area contributed by atoms with Crippen LogP contribution in [0.3, 0.4) is 0 Å². The molecule has 8 nitrogen and oxygen atoms in total. The molecule has 0 saturated carbocycles. The van der Waals surface area contributed by atoms with Crippen LogP contribution in [0.1, 0.15) is 30.7 Å². The molecule has 0 unspecified atom stereocenters. The Morgan fingerprint density at radius 1 is 1.26 bits per heavy atom. The summed E-state index contributed by atoms with van der Waals surface area (Å²) in [4.78, 5) is 12.9. The van der Waals surface area contributed by atoms with Gasteiger partial charge < -0.3 is 20.2 Å². The van der Waals surface area contributed by atoms with Crippen molar-refractivity contribution in [2.24, 2.45) is 0 Å². The third kappa shape index (κ3) is 4.06. The highest BCUT2D eigenvalue weighted by Gasteiger charge is 2.31. The molecule has 0 bridgehead atoms. The molecule has 2 aromatic rings. The molecule has 27 heavy (non-hydrogen) atoms. The number of fused-ring (bicyclic) bond motifs is 1. The summed E-state index contributed by atoms with van der Waals surface area (Å²) in [6, 6.07) is 4.41. The van der Waals surface area contributed by atoms with Crippen molar-refractivity contribution in [1.29, 1.82) is 0 Å². The van der Waals surface area contributed by atoms with Crippen molar-refractivity contribution in [3.63, 3.8) is 0 Å². The van der Waals surface area contributed by atoms with E-state index in [-0.39, 0.29) is 12.1 Å². The molecule has 2 N–H and O–H groups in total. The van der Waals surface area contributed by atoms with Crippen LogP contribution in [0, 0.1) is 0 Å². The molecular weight excluding hydrogens is 342 g/mol. The fourth-order valence-electron chi connectivity index (χ4n) is 4.04. The Morgan fingerprint density at radius 2 is 2.15 bits per heavy atom. The second kappa shape index (κ2) is 7.82. The molecule has 4 heterocycles. The Morgan fingerprint density at radius 3 is 2.96 bits per heavy atom. The van der Waals surface area contributed by atoms with E-state index in [1.165, 1.54) is 18.5 Å². The number of aryl methyl sites for hydroxylation is 2. The van der Waals surface area contributed by atoms with Gasteiger partial charge in [-0.15, -0.1) is 0 Å². The number of hydrogen-bond donors (Lipinski definition) is 2. The van der Waals surface area contributed by atoms with E-state index >= 15 is 0 Å². The third-order valence-corrected chi connectivity index (χ3v) is 5.44. The number of aromatic nitrogens is 4. The Hall–Kier alpha value is -2.19. The Bertz CT molecular complexity index is 752. The average Bonchev–Trinajstić information content (AvgIpc) is 3.24. The van der Waals surface area contributed by atoms with Gasteiger partial charge >= 0.3 is 0 Å². The second-order valence-corrected chi connectivity index (χ2v) is 7.76. The van der Waals surface area contributed by atoms with E-state index in [4.69, 9.17) is 5.10 Å². The summed E-state index contributed by atoms with van der Waals surface area (Å²) in [5.74, 6) is 1.74. The molecule has 2 aliphatic rings. The van der Waals surface area contributed by atoms with Crippen LogP contribution in [-0.2, 0) is 19.5 Å². The molecule has 0 aliphatic carbocycles. The zero-order valence-corrected chi connectivity index (χ0v) is 16.2. The largest absolute Gasteiger partial charge is 0.391 e. The first-order chi connectivity index (χ1) is 13.1. The lowest BCUT2D eigenvalue weighted by molar-refractivity contribution is 0.194. The fourth-order valence-corrected chi connectivity index (χ4v) is 4.04. The van der Waals surface area contributed by atoms with E-state index in [2.05, 4.69) is 30.9 Å². The van der Waals surface area contributed by atoms with Crippen LogP contribution in [0.5, 0.6) is 0 Å². The topological polar surface area (TPSA) is 82.3 Å². The summed E-state index contributed by atoms with van der Waals surface area (Å²) in [5.41, 5.74) is 2.46. The number of aliphatic hydroxyl groups excluding tert-OH is 1. The van der Waals surface area contributed by atoms with Gasteiger partial charge in [0.15, 0.2) is 0 Å². The van der Waals surface area contributed by atoms with Crippen LogP contribution in [0.4, 0.5) is 11.6 Å². The first-order valence-corrected chi connectivity index (χ1v) is 9.80. The van der Waals surface area contributed by atoms with E-state index in [1.807, 2.05) is 25.1 Å². The van der Waals surface area contributed by atoms with Gasteiger partial charge in [-0.25, -0.2) is 9.97 Å². The predicted molar refractivity (Wildman–Crippen MR) is 105 cm³/mol. The first-order valence-electron chi connectivity index (χ1n) is 9.80. The summed E-state index contributed by atoms with van der Waals surface area (Å²) in [6.07, 6.45) is 5.64. The highest BCUT2D eigenvalue weighted by Crippen LogP contribution is 2.25. The summed E-state index contributed by atoms with van der Waals surface area (Å²) >= 11 is 0. The van der Waals surface area contributed by atoms with Crippen LogP contribution in [-0.4, -0.2) is 64.2 Å². The summed E-state index contributed by atoms with van der Waals surface area (Å²) in [6.45, 7) is 3.20. The van der Waals surface area contributed by atoms with Gasteiger partial charge in [0.05, 0.1) is 11.8 Å². The maximum Gasteiger partial charge on any atom is 0.134 e. The maximum atomic E-state index is 10.2. The normalized spacial score (nSPS) is 22.1. The average molecular weight is 371 g/mol. The minimum absolute atomic E-state index is 0.210. The number of rotatable bonds is 6. The molecule has 146 valence electrons. The van der Waals surface area contributed by atoms with Crippen LogP contribution < -0.4 is 15.1 Å². The lowest BCUT2D eigenvalue weighted by Gasteiger charge is -2.26. The van der Waals surface area contributed by atoms with E-state index in [9.17, 15) is 5.11 Å². The molecule has 0 spiro atoms. The van der Waals surface area contributed by atoms with Gasteiger partial charge in [-0.1, -0.05) is 0 Å². The van der Waals surface area contributed by atoms with E-state index in [1.54, 1.807) is 6.33 Å². The Balaban J connectivity index is 1.38. The molecule has 1 saturated heterocycles. The van der Waals surface area contributed by atoms with Gasteiger partial charge in [-0.2, -0.15) is 5.10 Å². The summed E-state index contributed by atoms with van der Waals surface area (Å²) in [7, 11) is 3.93. The quantitative estimate of drug-likeness (QED) is 0.777. The number of aliphatic hydroxyl groups is 1. The standard InChI is InChI=1S/C19H29N7O/c1-24(2)18-9-19(22-13-21-18)25-12-17(27)8-16(25)11-20-10-14-7-15-5-3-4-6-26(15)23-14/h7,9,13,16-17,20,27H,3-6,8,10-12H2,1-2H3/t16-,17-/m1/s1. The van der Waals surface area contributed by atoms with Gasteiger partial charge in [0.25, 0.3) is 0 Å². The summed E-state index contributed by atoms with van der Waals surface area (Å²) < 4.78 is 2.15. The molecule has 2 atom stereocenters. The molecule has 0 amide bonds. The highest BCUT2D eigenvalue weighted by atomic mass is 16.3. The van der Waals surface area contributed by atoms with E-state index in [0.29, 0.717) is 6.54 Å². The van der Waals surface area contributed by atoms with Gasteiger partial charge in [0.1, 0.15) is 18.0 Å². The minimum Gasteiger partial charge on any atom is -0.391 e. The fraction of sp³-hybridized carbons (Fsp3) is 0.632. The first kappa shape index (κ1) is 18.2. The van der Waals surface area contributed by atoms with Crippen LogP contribution in [0.15, 0.2) is 18.5 Å². The highest BCUT2D eigenvalue weighted by molar-refractivity contribution is 5.51. The van der Waals surface area contributed by atoms with Gasteiger partial charge in [-0.05, 0) is 31.7 Å². The molecular formula is C19H29N7O. The van der Waals surface area contributed by atoms with Crippen LogP contribution >= 0.6 is 0 Å². The zero-order valence-electron chi connectivity index (χ0n) is 16.2. The maximum absolute atomic E-state index is 10.2. The molecule has 1 fully saturated rings. The molecule has 0 radical (unpaired) electrons. The van der Waals surface area contributed by atoms with Gasteiger partial charge in [-0.3, -0.25) is 4.68 Å². The number of anilines is 2. The SMILES string of the molecule is CN(C)c1cc(N2C[C@H](O)C[C@@H]2CNCc2cc3n(n2)CCCC3)ncn1. The lowest BCUT2D eigenvalue weighted by Crippen LogP contribution is -2.38. The van der Waals surface area contributed by atoms with Crippen molar-refractivity contribution >= 4 is 11.6 Å². The number of hydrogen-bond acceptors (Lipinski definition) is 7. The van der Waals surface area contributed by atoms with Crippen LogP contribution in [0.25, 0.3) is 0 Å². The van der Waals surface area contributed by atoms with Crippen molar-refractivity contribution in [2.75, 3.05) is 37.0 Å². The van der Waals surface area contributed by atoms with E-state index in [0.717, 1.165) is 49.8 Å². The summed E-state index contributed by atoms with van der Waals surface area (Å²) in [5, 5.41) is 18.4. The predicted octanol–water partition coefficient (Wildman–Crippen LogP) is 0.805. The van der Waals surface area contributed by atoms with E-state index < -0.39 is 0 Å². The van der Waals surface area contributed by atoms with Crippen LogP contribution in [0.2, 0.25) is 0 Å². The van der Waals surface area contributed by atoms with Gasteiger partial charge in [0.2, 0.25) is 0 Å². The smallest absolute Gasteiger partial charge is 0.134 e. The lowest BCUT2D eigenvalue weighted by atomic mass is 10.1. The second-order valence-electron chi connectivity index (χ2n) is 7.76. The van der Waals surface area contributed by atoms with Crippen molar-refractivity contribution in [3.05, 3.63) is 29.8 Å². The number of β-amino-alcohol motifs (C(OH)–C–C–N with tert-alkyl or cyclic N) is 1. The number of nitrogens with zero attached hydrogens (tertiary/aromatic N) is 6. The molecule has 2 aromatic heterocycles. The van der Waals surface area contributed by atoms with Crippen molar-refractivity contribution in [2.45, 2.75) is 50.9 Å². The minimum atomic E-state index is -0.325. The monoisotopic (exact) mass is 371 g/mol. The Labute approximate surface area is 160 Å². The zero-order chi connectivity index (χ0) is 18.8. The van der Waals surface area contributed by atoms with Gasteiger partial charge in [0, 0.05) is 58.1 Å². The third-order valence-electron chi connectivity index (χ3n) is 5.44. The Kier molecular flexibility index (Phi) is 5.27. The van der Waals surface area contributed by atoms with Crippen molar-refractivity contribution < 1.29 is 5.11 Å². The number of nitrogens with one attached hydrogen (secondary N) is 1. The molecule has 2 aliphatic heterocycles. The molecule has 8 heteroatoms.